The van der Waals surface area contributed by atoms with Gasteiger partial charge in [0.1, 0.15) is 0 Å². The van der Waals surface area contributed by atoms with Gasteiger partial charge in [-0.15, -0.1) is 0 Å². The first-order valence-corrected chi connectivity index (χ1v) is 6.86. The number of nitrogens with zero attached hydrogens (tertiary/aromatic N) is 3. The van der Waals surface area contributed by atoms with Crippen molar-refractivity contribution < 1.29 is 4.79 Å². The third kappa shape index (κ3) is 3.29. The van der Waals surface area contributed by atoms with Crippen molar-refractivity contribution in [1.29, 1.82) is 0 Å². The second-order valence-electron chi connectivity index (χ2n) is 5.36. The molecule has 104 valence electrons. The fraction of sp³-hybridized carbons (Fsp3) is 0.643. The van der Waals surface area contributed by atoms with E-state index in [4.69, 9.17) is 0 Å². The Morgan fingerprint density at radius 2 is 2.32 bits per heavy atom. The van der Waals surface area contributed by atoms with Crippen LogP contribution in [0.1, 0.15) is 31.4 Å². The highest BCUT2D eigenvalue weighted by Crippen LogP contribution is 2.27. The lowest BCUT2D eigenvalue weighted by Gasteiger charge is -2.31. The first kappa shape index (κ1) is 13.9. The van der Waals surface area contributed by atoms with Gasteiger partial charge in [-0.3, -0.25) is 14.8 Å². The smallest absolute Gasteiger partial charge is 0.242 e. The highest BCUT2D eigenvalue weighted by Gasteiger charge is 2.41. The molecule has 1 N–H and O–H groups in total. The average Bonchev–Trinajstić information content (AvgIpc) is 2.89. The van der Waals surface area contributed by atoms with E-state index < -0.39 is 0 Å². The van der Waals surface area contributed by atoms with Crippen LogP contribution in [0.4, 0.5) is 0 Å². The number of carbonyl (C=O) groups excluding carboxylic acids is 1. The largest absolute Gasteiger partial charge is 0.347 e. The molecule has 1 saturated heterocycles. The quantitative estimate of drug-likeness (QED) is 0.860. The van der Waals surface area contributed by atoms with E-state index in [0.717, 1.165) is 44.3 Å². The van der Waals surface area contributed by atoms with Crippen LogP contribution in [0.25, 0.3) is 0 Å². The first-order chi connectivity index (χ1) is 9.14. The lowest BCUT2D eigenvalue weighted by molar-refractivity contribution is -0.135. The van der Waals surface area contributed by atoms with E-state index in [9.17, 15) is 4.79 Å². The summed E-state index contributed by atoms with van der Waals surface area (Å²) in [5, 5.41) is 3.41. The maximum absolute atomic E-state index is 12.3. The Labute approximate surface area is 114 Å². The van der Waals surface area contributed by atoms with Crippen LogP contribution in [0.5, 0.6) is 0 Å². The van der Waals surface area contributed by atoms with Crippen molar-refractivity contribution in [2.45, 2.75) is 37.6 Å². The predicted molar refractivity (Wildman–Crippen MR) is 73.6 cm³/mol. The summed E-state index contributed by atoms with van der Waals surface area (Å²) in [6, 6.07) is 0. The molecule has 1 aliphatic rings. The number of carbonyl (C=O) groups is 1. The summed E-state index contributed by atoms with van der Waals surface area (Å²) in [6.07, 6.45) is 9.88. The fourth-order valence-electron chi connectivity index (χ4n) is 2.77. The summed E-state index contributed by atoms with van der Waals surface area (Å²) < 4.78 is 0. The normalized spacial score (nSPS) is 22.4. The molecule has 2 heterocycles. The number of aromatic nitrogens is 2. The Kier molecular flexibility index (Phi) is 4.47. The number of rotatable bonds is 5. The summed E-state index contributed by atoms with van der Waals surface area (Å²) in [7, 11) is 3.65. The van der Waals surface area contributed by atoms with Gasteiger partial charge in [0.25, 0.3) is 0 Å². The molecule has 1 aromatic rings. The van der Waals surface area contributed by atoms with Gasteiger partial charge in [0.2, 0.25) is 5.91 Å². The molecule has 1 fully saturated rings. The van der Waals surface area contributed by atoms with Crippen LogP contribution in [0.2, 0.25) is 0 Å². The zero-order valence-electron chi connectivity index (χ0n) is 11.7. The van der Waals surface area contributed by atoms with E-state index >= 15 is 0 Å². The van der Waals surface area contributed by atoms with Crippen LogP contribution in [-0.2, 0) is 11.2 Å². The Morgan fingerprint density at radius 1 is 1.47 bits per heavy atom. The van der Waals surface area contributed by atoms with Crippen LogP contribution in [-0.4, -0.2) is 47.0 Å². The molecule has 0 aromatic carbocycles. The summed E-state index contributed by atoms with van der Waals surface area (Å²) in [5.41, 5.74) is 0.638. The molecule has 5 heteroatoms. The molecule has 1 aliphatic heterocycles. The van der Waals surface area contributed by atoms with Crippen molar-refractivity contribution in [3.05, 3.63) is 24.3 Å². The molecular weight excluding hydrogens is 240 g/mol. The molecule has 1 aromatic heterocycles. The van der Waals surface area contributed by atoms with E-state index in [-0.39, 0.29) is 11.4 Å². The summed E-state index contributed by atoms with van der Waals surface area (Å²) in [4.78, 5) is 22.4. The van der Waals surface area contributed by atoms with Gasteiger partial charge in [0, 0.05) is 32.7 Å². The van der Waals surface area contributed by atoms with Gasteiger partial charge in [-0.2, -0.15) is 0 Å². The number of nitrogens with one attached hydrogen (secondary N) is 1. The Hall–Kier alpha value is -1.49. The molecule has 5 nitrogen and oxygen atoms in total. The van der Waals surface area contributed by atoms with E-state index in [1.165, 1.54) is 0 Å². The van der Waals surface area contributed by atoms with Gasteiger partial charge in [0.15, 0.2) is 0 Å². The Balaban J connectivity index is 1.93. The maximum Gasteiger partial charge on any atom is 0.242 e. The number of hydrogen-bond donors (Lipinski definition) is 1. The molecule has 0 saturated carbocycles. The first-order valence-electron chi connectivity index (χ1n) is 6.86. The van der Waals surface area contributed by atoms with Crippen LogP contribution in [0.3, 0.4) is 0 Å². The molecule has 19 heavy (non-hydrogen) atoms. The van der Waals surface area contributed by atoms with Crippen molar-refractivity contribution in [2.24, 2.45) is 0 Å². The summed E-state index contributed by atoms with van der Waals surface area (Å²) in [6.45, 7) is 0.935. The number of hydrogen-bond acceptors (Lipinski definition) is 4. The molecule has 0 radical (unpaired) electrons. The van der Waals surface area contributed by atoms with Gasteiger partial charge in [-0.25, -0.2) is 0 Å². The van der Waals surface area contributed by atoms with E-state index in [2.05, 4.69) is 15.3 Å². The molecule has 0 aliphatic carbocycles. The van der Waals surface area contributed by atoms with Crippen LogP contribution in [0, 0.1) is 0 Å². The summed E-state index contributed by atoms with van der Waals surface area (Å²) in [5.74, 6) is 0.198. The standard InChI is InChI=1S/C14H22N4O/c1-18(2)13(19)14(7-4-8-17-14)6-3-5-12-11-15-9-10-16-12/h9-11,17H,3-8H2,1-2H3. The van der Waals surface area contributed by atoms with Crippen LogP contribution < -0.4 is 5.32 Å². The van der Waals surface area contributed by atoms with E-state index in [1.807, 2.05) is 14.1 Å². The average molecular weight is 262 g/mol. The Bertz CT molecular complexity index is 413. The highest BCUT2D eigenvalue weighted by molar-refractivity contribution is 5.86. The molecule has 1 unspecified atom stereocenters. The van der Waals surface area contributed by atoms with E-state index in [0.29, 0.717) is 0 Å². The molecule has 2 rings (SSSR count). The second kappa shape index (κ2) is 6.10. The third-order valence-electron chi connectivity index (χ3n) is 3.71. The molecule has 0 spiro atoms. The van der Waals surface area contributed by atoms with Gasteiger partial charge >= 0.3 is 0 Å². The van der Waals surface area contributed by atoms with Crippen molar-refractivity contribution in [3.8, 4) is 0 Å². The molecule has 0 bridgehead atoms. The van der Waals surface area contributed by atoms with Crippen molar-refractivity contribution in [2.75, 3.05) is 20.6 Å². The molecular formula is C14H22N4O. The van der Waals surface area contributed by atoms with Gasteiger partial charge in [0.05, 0.1) is 11.2 Å². The van der Waals surface area contributed by atoms with E-state index in [1.54, 1.807) is 23.5 Å². The SMILES string of the molecule is CN(C)C(=O)C1(CCCc2cnccn2)CCCN1. The monoisotopic (exact) mass is 262 g/mol. The molecule has 1 amide bonds. The van der Waals surface area contributed by atoms with Gasteiger partial charge < -0.3 is 10.2 Å². The minimum Gasteiger partial charge on any atom is -0.347 e. The second-order valence-corrected chi connectivity index (χ2v) is 5.36. The third-order valence-corrected chi connectivity index (χ3v) is 3.71. The topological polar surface area (TPSA) is 58.1 Å². The predicted octanol–water partition coefficient (Wildman–Crippen LogP) is 1.01. The fourth-order valence-corrected chi connectivity index (χ4v) is 2.77. The van der Waals surface area contributed by atoms with Crippen LogP contribution in [0.15, 0.2) is 18.6 Å². The minimum absolute atomic E-state index is 0.198. The number of likely N-dealkylation sites (N-methyl/N-ethyl adjacent to an activating group) is 1. The minimum atomic E-state index is -0.355. The van der Waals surface area contributed by atoms with Crippen molar-refractivity contribution in [3.63, 3.8) is 0 Å². The number of aryl methyl sites for hydroxylation is 1. The zero-order valence-corrected chi connectivity index (χ0v) is 11.7. The summed E-state index contributed by atoms with van der Waals surface area (Å²) >= 11 is 0. The van der Waals surface area contributed by atoms with Gasteiger partial charge in [-0.05, 0) is 38.6 Å². The number of amides is 1. The maximum atomic E-state index is 12.3. The van der Waals surface area contributed by atoms with Crippen molar-refractivity contribution in [1.82, 2.24) is 20.2 Å². The van der Waals surface area contributed by atoms with Crippen molar-refractivity contribution >= 4 is 5.91 Å². The molecule has 1 atom stereocenters. The Morgan fingerprint density at radius 3 is 2.89 bits per heavy atom. The lowest BCUT2D eigenvalue weighted by Crippen LogP contribution is -2.53. The zero-order chi connectivity index (χ0) is 13.7. The highest BCUT2D eigenvalue weighted by atomic mass is 16.2. The lowest BCUT2D eigenvalue weighted by atomic mass is 9.89. The van der Waals surface area contributed by atoms with Crippen LogP contribution >= 0.6 is 0 Å². The van der Waals surface area contributed by atoms with Gasteiger partial charge in [-0.1, -0.05) is 0 Å².